The number of carbonyl (C=O) groups excluding carboxylic acids is 1. The molecule has 1 amide bonds. The molecule has 110 valence electrons. The number of amides is 1. The molecule has 20 heavy (non-hydrogen) atoms. The third-order valence-corrected chi connectivity index (χ3v) is 3.94. The zero-order valence-corrected chi connectivity index (χ0v) is 12.6. The minimum atomic E-state index is 0.0459. The van der Waals surface area contributed by atoms with E-state index < -0.39 is 0 Å². The van der Waals surface area contributed by atoms with Crippen molar-refractivity contribution in [2.24, 2.45) is 5.73 Å². The molecule has 0 aromatic heterocycles. The van der Waals surface area contributed by atoms with Crippen LogP contribution in [0.15, 0.2) is 24.3 Å². The van der Waals surface area contributed by atoms with E-state index in [-0.39, 0.29) is 24.0 Å². The first-order chi connectivity index (χ1) is 9.47. The minimum absolute atomic E-state index is 0.0459. The number of carbonyl (C=O) groups is 1. The van der Waals surface area contributed by atoms with Crippen molar-refractivity contribution in [3.05, 3.63) is 35.4 Å². The fourth-order valence-corrected chi connectivity index (χ4v) is 3.06. The maximum atomic E-state index is 11.2. The lowest BCUT2D eigenvalue weighted by atomic mass is 9.98. The van der Waals surface area contributed by atoms with Gasteiger partial charge in [-0.05, 0) is 25.8 Å². The van der Waals surface area contributed by atoms with E-state index in [1.807, 2.05) is 0 Å². The molecule has 1 heterocycles. The summed E-state index contributed by atoms with van der Waals surface area (Å²) >= 11 is 0. The third kappa shape index (κ3) is 3.58. The second-order valence-electron chi connectivity index (χ2n) is 5.90. The first-order valence-electron chi connectivity index (χ1n) is 7.30. The van der Waals surface area contributed by atoms with Gasteiger partial charge in [-0.3, -0.25) is 9.69 Å². The number of benzene rings is 1. The highest BCUT2D eigenvalue weighted by molar-refractivity contribution is 5.73. The van der Waals surface area contributed by atoms with Crippen LogP contribution in [0.5, 0.6) is 0 Å². The summed E-state index contributed by atoms with van der Waals surface area (Å²) in [5.41, 5.74) is 8.72. The minimum Gasteiger partial charge on any atom is -0.352 e. The van der Waals surface area contributed by atoms with E-state index in [1.54, 1.807) is 6.92 Å². The predicted molar refractivity (Wildman–Crippen MR) is 81.4 cm³/mol. The Kier molecular flexibility index (Phi) is 4.78. The van der Waals surface area contributed by atoms with Crippen molar-refractivity contribution < 1.29 is 4.79 Å². The van der Waals surface area contributed by atoms with Crippen LogP contribution in [0.2, 0.25) is 0 Å². The van der Waals surface area contributed by atoms with Crippen molar-refractivity contribution in [1.29, 1.82) is 0 Å². The van der Waals surface area contributed by atoms with Crippen molar-refractivity contribution in [1.82, 2.24) is 10.2 Å². The van der Waals surface area contributed by atoms with Gasteiger partial charge >= 0.3 is 0 Å². The van der Waals surface area contributed by atoms with E-state index in [2.05, 4.69) is 48.3 Å². The molecule has 3 atom stereocenters. The van der Waals surface area contributed by atoms with Gasteiger partial charge in [0.25, 0.3) is 0 Å². The number of nitrogens with two attached hydrogens (primary N) is 1. The summed E-state index contributed by atoms with van der Waals surface area (Å²) in [6.45, 7) is 7.57. The van der Waals surface area contributed by atoms with Gasteiger partial charge in [0.15, 0.2) is 0 Å². The van der Waals surface area contributed by atoms with E-state index >= 15 is 0 Å². The van der Waals surface area contributed by atoms with Gasteiger partial charge in [0.05, 0.1) is 0 Å². The van der Waals surface area contributed by atoms with Crippen LogP contribution in [0, 0.1) is 6.92 Å². The van der Waals surface area contributed by atoms with Gasteiger partial charge < -0.3 is 11.1 Å². The Hall–Kier alpha value is -1.39. The second kappa shape index (κ2) is 6.37. The predicted octanol–water partition coefficient (Wildman–Crippen LogP) is 1.59. The van der Waals surface area contributed by atoms with Crippen LogP contribution in [0.3, 0.4) is 0 Å². The maximum Gasteiger partial charge on any atom is 0.217 e. The van der Waals surface area contributed by atoms with E-state index in [0.29, 0.717) is 0 Å². The van der Waals surface area contributed by atoms with Gasteiger partial charge in [-0.25, -0.2) is 0 Å². The molecule has 3 unspecified atom stereocenters. The van der Waals surface area contributed by atoms with Crippen LogP contribution in [0.4, 0.5) is 0 Å². The monoisotopic (exact) mass is 275 g/mol. The van der Waals surface area contributed by atoms with Crippen LogP contribution in [-0.2, 0) is 4.79 Å². The number of rotatable bonds is 4. The smallest absolute Gasteiger partial charge is 0.217 e. The zero-order chi connectivity index (χ0) is 14.7. The van der Waals surface area contributed by atoms with Gasteiger partial charge in [-0.15, -0.1) is 0 Å². The Bertz CT molecular complexity index is 455. The number of likely N-dealkylation sites (tertiary alicyclic amines) is 1. The molecule has 1 aliphatic heterocycles. The molecule has 1 saturated heterocycles. The van der Waals surface area contributed by atoms with Crippen molar-refractivity contribution in [3.8, 4) is 0 Å². The molecule has 0 aliphatic carbocycles. The third-order valence-electron chi connectivity index (χ3n) is 3.94. The van der Waals surface area contributed by atoms with Crippen LogP contribution in [0.1, 0.15) is 37.4 Å². The molecule has 0 spiro atoms. The topological polar surface area (TPSA) is 58.4 Å². The van der Waals surface area contributed by atoms with Crippen LogP contribution < -0.4 is 11.1 Å². The van der Waals surface area contributed by atoms with Gasteiger partial charge in [0, 0.05) is 38.1 Å². The van der Waals surface area contributed by atoms with Gasteiger partial charge in [-0.2, -0.15) is 0 Å². The standard InChI is InChI=1S/C16H25N3O/c1-11-4-6-14(7-5-11)16(12(2)17)19-9-8-15(10-19)18-13(3)20/h4-7,12,15-16H,8-10,17H2,1-3H3,(H,18,20). The van der Waals surface area contributed by atoms with Crippen molar-refractivity contribution in [2.45, 2.75) is 45.3 Å². The van der Waals surface area contributed by atoms with Gasteiger partial charge in [0.2, 0.25) is 5.91 Å². The van der Waals surface area contributed by atoms with Crippen LogP contribution >= 0.6 is 0 Å². The molecule has 4 heteroatoms. The summed E-state index contributed by atoms with van der Waals surface area (Å²) in [6.07, 6.45) is 0.995. The summed E-state index contributed by atoms with van der Waals surface area (Å²) in [5, 5.41) is 3.00. The number of nitrogens with one attached hydrogen (secondary N) is 1. The average Bonchev–Trinajstić information content (AvgIpc) is 2.79. The van der Waals surface area contributed by atoms with E-state index in [9.17, 15) is 4.79 Å². The molecule has 0 bridgehead atoms. The molecule has 0 saturated carbocycles. The quantitative estimate of drug-likeness (QED) is 0.877. The molecular formula is C16H25N3O. The average molecular weight is 275 g/mol. The number of aryl methyl sites for hydroxylation is 1. The Balaban J connectivity index is 2.10. The lowest BCUT2D eigenvalue weighted by Crippen LogP contribution is -2.41. The van der Waals surface area contributed by atoms with E-state index in [1.165, 1.54) is 11.1 Å². The molecule has 3 N–H and O–H groups in total. The molecule has 0 radical (unpaired) electrons. The highest BCUT2D eigenvalue weighted by Gasteiger charge is 2.31. The van der Waals surface area contributed by atoms with Crippen LogP contribution in [0.25, 0.3) is 0 Å². The fourth-order valence-electron chi connectivity index (χ4n) is 3.06. The van der Waals surface area contributed by atoms with Gasteiger partial charge in [0.1, 0.15) is 0 Å². The Morgan fingerprint density at radius 3 is 2.60 bits per heavy atom. The highest BCUT2D eigenvalue weighted by atomic mass is 16.1. The molecule has 4 nitrogen and oxygen atoms in total. The van der Waals surface area contributed by atoms with Gasteiger partial charge in [-0.1, -0.05) is 29.8 Å². The maximum absolute atomic E-state index is 11.2. The SMILES string of the molecule is CC(=O)NC1CCN(C(c2ccc(C)cc2)C(C)N)C1. The van der Waals surface area contributed by atoms with Crippen molar-refractivity contribution in [2.75, 3.05) is 13.1 Å². The van der Waals surface area contributed by atoms with E-state index in [4.69, 9.17) is 5.73 Å². The largest absolute Gasteiger partial charge is 0.352 e. The second-order valence-corrected chi connectivity index (χ2v) is 5.90. The highest BCUT2D eigenvalue weighted by Crippen LogP contribution is 2.27. The Morgan fingerprint density at radius 2 is 2.05 bits per heavy atom. The number of nitrogens with zero attached hydrogens (tertiary/aromatic N) is 1. The summed E-state index contributed by atoms with van der Waals surface area (Å²) in [4.78, 5) is 13.5. The number of hydrogen-bond donors (Lipinski definition) is 2. The normalized spacial score (nSPS) is 22.5. The summed E-state index contributed by atoms with van der Waals surface area (Å²) in [5.74, 6) is 0.0459. The Labute approximate surface area is 121 Å². The molecular weight excluding hydrogens is 250 g/mol. The number of hydrogen-bond acceptors (Lipinski definition) is 3. The lowest BCUT2D eigenvalue weighted by molar-refractivity contribution is -0.119. The summed E-state index contributed by atoms with van der Waals surface area (Å²) in [7, 11) is 0. The first-order valence-corrected chi connectivity index (χ1v) is 7.30. The summed E-state index contributed by atoms with van der Waals surface area (Å²) < 4.78 is 0. The van der Waals surface area contributed by atoms with E-state index in [0.717, 1.165) is 19.5 Å². The molecule has 1 aromatic rings. The summed E-state index contributed by atoms with van der Waals surface area (Å²) in [6, 6.07) is 9.12. The van der Waals surface area contributed by atoms with Crippen LogP contribution in [-0.4, -0.2) is 36.0 Å². The fraction of sp³-hybridized carbons (Fsp3) is 0.562. The van der Waals surface area contributed by atoms with Crippen molar-refractivity contribution >= 4 is 5.91 Å². The molecule has 1 aromatic carbocycles. The molecule has 2 rings (SSSR count). The molecule has 1 fully saturated rings. The Morgan fingerprint density at radius 1 is 1.40 bits per heavy atom. The van der Waals surface area contributed by atoms with Crippen molar-refractivity contribution in [3.63, 3.8) is 0 Å². The molecule has 1 aliphatic rings. The lowest BCUT2D eigenvalue weighted by Gasteiger charge is -2.31. The zero-order valence-electron chi connectivity index (χ0n) is 12.6. The first kappa shape index (κ1) is 15.0.